The molecule has 5 rings (SSSR count). The minimum absolute atomic E-state index is 0.336. The Bertz CT molecular complexity index is 1540. The molecule has 0 spiro atoms. The van der Waals surface area contributed by atoms with Crippen molar-refractivity contribution in [1.29, 1.82) is 0 Å². The number of H-pyrrole nitrogens is 1. The molecule has 1 aliphatic heterocycles. The number of carbonyl (C=O) groups is 1. The number of ether oxygens (including phenoxy) is 1. The van der Waals surface area contributed by atoms with Crippen LogP contribution in [-0.4, -0.2) is 89.8 Å². The van der Waals surface area contributed by atoms with Gasteiger partial charge in [0, 0.05) is 56.2 Å². The number of hydrogen-bond donors (Lipinski definition) is 5. The molecule has 3 aromatic heterocycles. The van der Waals surface area contributed by atoms with Crippen LogP contribution in [0.15, 0.2) is 59.8 Å². The number of nitrogens with two attached hydrogens (primary N) is 1. The molecule has 1 saturated heterocycles. The monoisotopic (exact) mass is 601 g/mol. The number of rotatable bonds is 9. The molecule has 0 bridgehead atoms. The predicted molar refractivity (Wildman–Crippen MR) is 178 cm³/mol. The number of aryl methyl sites for hydroxylation is 1. The number of aromatic amines is 1. The van der Waals surface area contributed by atoms with Crippen LogP contribution in [0.5, 0.6) is 5.88 Å². The highest BCUT2D eigenvalue weighted by atomic mass is 16.5. The maximum Gasteiger partial charge on any atom is 0.251 e. The standard InChI is InChI=1S/C19H23N7.C6H9N3O.C6H11NO/c1-11-9-24-19(25-16(20)8-12(2)21-3)26-17(11)14-10-23-18-13(14)6-5-7-15(18)22-4;1-7-5-3-6(10-2)9-4-8-5;8-6-5-7-3-1-2-4-7/h5-10,21-23H,1-4H3,(H2,20,24,25,26);3-4H,1-2H3,(H,7,8,9);6H,1-5H2/b12-8-;;. The highest BCUT2D eigenvalue weighted by Crippen LogP contribution is 2.33. The minimum Gasteiger partial charge on any atom is -0.481 e. The number of nitrogens with zero attached hydrogens (tertiary/aromatic N) is 6. The van der Waals surface area contributed by atoms with Crippen LogP contribution < -0.4 is 26.4 Å². The molecule has 1 aliphatic rings. The Labute approximate surface area is 258 Å². The summed E-state index contributed by atoms with van der Waals surface area (Å²) < 4.78 is 4.87. The van der Waals surface area contributed by atoms with Crippen LogP contribution in [0.3, 0.4) is 0 Å². The van der Waals surface area contributed by atoms with E-state index >= 15 is 0 Å². The van der Waals surface area contributed by atoms with Gasteiger partial charge in [0.05, 0.1) is 30.6 Å². The van der Waals surface area contributed by atoms with Gasteiger partial charge in [0.1, 0.15) is 24.3 Å². The van der Waals surface area contributed by atoms with Gasteiger partial charge in [-0.1, -0.05) is 12.1 Å². The number of aliphatic imine (C=N–C) groups is 1. The molecule has 1 aromatic carbocycles. The molecule has 0 aliphatic carbocycles. The lowest BCUT2D eigenvalue weighted by Crippen LogP contribution is -2.20. The average Bonchev–Trinajstić information content (AvgIpc) is 3.73. The molecule has 44 heavy (non-hydrogen) atoms. The van der Waals surface area contributed by atoms with E-state index < -0.39 is 0 Å². The van der Waals surface area contributed by atoms with Gasteiger partial charge < -0.3 is 36.2 Å². The zero-order chi connectivity index (χ0) is 31.9. The lowest BCUT2D eigenvalue weighted by molar-refractivity contribution is -0.108. The first kappa shape index (κ1) is 33.5. The molecule has 6 N–H and O–H groups in total. The van der Waals surface area contributed by atoms with Crippen molar-refractivity contribution in [2.75, 3.05) is 58.5 Å². The number of aromatic nitrogens is 5. The Hall–Kier alpha value is -5.04. The third-order valence-electron chi connectivity index (χ3n) is 6.83. The smallest absolute Gasteiger partial charge is 0.251 e. The van der Waals surface area contributed by atoms with Gasteiger partial charge in [-0.2, -0.15) is 4.99 Å². The number of nitrogens with one attached hydrogen (secondary N) is 4. The lowest BCUT2D eigenvalue weighted by atomic mass is 10.1. The van der Waals surface area contributed by atoms with Gasteiger partial charge in [-0.25, -0.2) is 19.9 Å². The van der Waals surface area contributed by atoms with E-state index in [2.05, 4.69) is 56.8 Å². The van der Waals surface area contributed by atoms with Gasteiger partial charge in [0.25, 0.3) is 5.95 Å². The summed E-state index contributed by atoms with van der Waals surface area (Å²) in [5.41, 5.74) is 11.8. The number of aldehydes is 1. The summed E-state index contributed by atoms with van der Waals surface area (Å²) in [5.74, 6) is 2.01. The van der Waals surface area contributed by atoms with Crippen molar-refractivity contribution in [3.8, 4) is 17.1 Å². The first-order chi connectivity index (χ1) is 21.3. The highest BCUT2D eigenvalue weighted by molar-refractivity contribution is 6.01. The Morgan fingerprint density at radius 2 is 1.93 bits per heavy atom. The molecule has 0 radical (unpaired) electrons. The van der Waals surface area contributed by atoms with E-state index in [1.807, 2.05) is 46.3 Å². The lowest BCUT2D eigenvalue weighted by Gasteiger charge is -2.07. The van der Waals surface area contributed by atoms with Crippen molar-refractivity contribution < 1.29 is 9.53 Å². The van der Waals surface area contributed by atoms with E-state index in [1.54, 1.807) is 32.5 Å². The summed E-state index contributed by atoms with van der Waals surface area (Å²) in [6.07, 6.45) is 10.4. The van der Waals surface area contributed by atoms with E-state index in [1.165, 1.54) is 19.2 Å². The molecule has 0 amide bonds. The van der Waals surface area contributed by atoms with E-state index in [-0.39, 0.29) is 0 Å². The normalized spacial score (nSPS) is 13.3. The topological polar surface area (TPSA) is 171 Å². The predicted octanol–water partition coefficient (Wildman–Crippen LogP) is 3.89. The maximum atomic E-state index is 9.92. The van der Waals surface area contributed by atoms with Crippen molar-refractivity contribution in [2.24, 2.45) is 10.7 Å². The molecule has 234 valence electrons. The van der Waals surface area contributed by atoms with E-state index in [0.29, 0.717) is 24.2 Å². The zero-order valence-electron chi connectivity index (χ0n) is 26.3. The Kier molecular flexibility index (Phi) is 13.1. The molecule has 13 nitrogen and oxygen atoms in total. The SMILES string of the molecule is CN/C(C)=C\C(N)=N/c1ncc(C)c(-c2c[nH]c3c(NC)cccc23)n1.CNc1cc(OC)ncn1.O=CCN1CCCC1. The molecule has 0 saturated carbocycles. The fourth-order valence-electron chi connectivity index (χ4n) is 4.42. The molecule has 4 heterocycles. The number of likely N-dealkylation sites (tertiary alicyclic amines) is 1. The summed E-state index contributed by atoms with van der Waals surface area (Å²) in [7, 11) is 7.10. The van der Waals surface area contributed by atoms with Gasteiger partial charge in [0.15, 0.2) is 0 Å². The van der Waals surface area contributed by atoms with Gasteiger partial charge in [0.2, 0.25) is 5.88 Å². The van der Waals surface area contributed by atoms with Crippen molar-refractivity contribution in [1.82, 2.24) is 35.1 Å². The Morgan fingerprint density at radius 3 is 2.59 bits per heavy atom. The average molecular weight is 602 g/mol. The van der Waals surface area contributed by atoms with Crippen LogP contribution in [0.2, 0.25) is 0 Å². The summed E-state index contributed by atoms with van der Waals surface area (Å²) in [4.78, 5) is 36.4. The second-order valence-corrected chi connectivity index (χ2v) is 9.87. The zero-order valence-corrected chi connectivity index (χ0v) is 26.3. The van der Waals surface area contributed by atoms with Crippen LogP contribution in [0.1, 0.15) is 25.3 Å². The van der Waals surface area contributed by atoms with Crippen molar-refractivity contribution in [2.45, 2.75) is 26.7 Å². The van der Waals surface area contributed by atoms with E-state index in [4.69, 9.17) is 10.5 Å². The summed E-state index contributed by atoms with van der Waals surface area (Å²) in [6, 6.07) is 7.84. The number of para-hydroxylation sites is 1. The number of hydrogen-bond acceptors (Lipinski definition) is 11. The fraction of sp³-hybridized carbons (Fsp3) is 0.355. The quantitative estimate of drug-likeness (QED) is 0.107. The minimum atomic E-state index is 0.336. The molecule has 1 fully saturated rings. The molecule has 13 heteroatoms. The van der Waals surface area contributed by atoms with E-state index in [9.17, 15) is 4.79 Å². The maximum absolute atomic E-state index is 9.92. The first-order valence-electron chi connectivity index (χ1n) is 14.3. The summed E-state index contributed by atoms with van der Waals surface area (Å²) in [6.45, 7) is 6.78. The van der Waals surface area contributed by atoms with E-state index in [0.717, 1.165) is 64.3 Å². The van der Waals surface area contributed by atoms with Crippen molar-refractivity contribution in [3.63, 3.8) is 0 Å². The largest absolute Gasteiger partial charge is 0.481 e. The molecular weight excluding hydrogens is 558 g/mol. The van der Waals surface area contributed by atoms with Crippen molar-refractivity contribution in [3.05, 3.63) is 60.3 Å². The molecular formula is C31H43N11O2. The third-order valence-corrected chi connectivity index (χ3v) is 6.83. The highest BCUT2D eigenvalue weighted by Gasteiger charge is 2.13. The summed E-state index contributed by atoms with van der Waals surface area (Å²) >= 11 is 0. The second-order valence-electron chi connectivity index (χ2n) is 9.87. The number of anilines is 2. The third kappa shape index (κ3) is 9.49. The molecule has 0 unspecified atom stereocenters. The number of carbonyl (C=O) groups excluding carboxylic acids is 1. The van der Waals surface area contributed by atoms with Crippen LogP contribution in [0.4, 0.5) is 17.5 Å². The van der Waals surface area contributed by atoms with Gasteiger partial charge >= 0.3 is 0 Å². The first-order valence-corrected chi connectivity index (χ1v) is 14.3. The Balaban J connectivity index is 0.000000238. The second kappa shape index (κ2) is 17.2. The van der Waals surface area contributed by atoms with Crippen LogP contribution in [-0.2, 0) is 4.79 Å². The fourth-order valence-corrected chi connectivity index (χ4v) is 4.42. The van der Waals surface area contributed by atoms with Crippen molar-refractivity contribution >= 4 is 40.5 Å². The van der Waals surface area contributed by atoms with Gasteiger partial charge in [-0.05, 0) is 57.5 Å². The van der Waals surface area contributed by atoms with Crippen LogP contribution in [0, 0.1) is 6.92 Å². The van der Waals surface area contributed by atoms with Gasteiger partial charge in [-0.3, -0.25) is 4.90 Å². The summed E-state index contributed by atoms with van der Waals surface area (Å²) in [5, 5.41) is 10.2. The number of allylic oxidation sites excluding steroid dienone is 1. The molecule has 0 atom stereocenters. The van der Waals surface area contributed by atoms with Crippen LogP contribution in [0.25, 0.3) is 22.2 Å². The number of methoxy groups -OCH3 is 1. The number of amidine groups is 1. The van der Waals surface area contributed by atoms with Gasteiger partial charge in [-0.15, -0.1) is 0 Å². The number of benzene rings is 1. The van der Waals surface area contributed by atoms with Crippen LogP contribution >= 0.6 is 0 Å². The number of fused-ring (bicyclic) bond motifs is 1. The molecule has 4 aromatic rings. The Morgan fingerprint density at radius 1 is 1.16 bits per heavy atom.